The van der Waals surface area contributed by atoms with Crippen molar-refractivity contribution >= 4 is 11.8 Å². The molecular weight excluding hydrogens is 180 g/mol. The van der Waals surface area contributed by atoms with E-state index in [9.17, 15) is 9.59 Å². The Morgan fingerprint density at radius 1 is 1.57 bits per heavy atom. The summed E-state index contributed by atoms with van der Waals surface area (Å²) in [4.78, 5) is 24.3. The molecule has 4 nitrogen and oxygen atoms in total. The molecule has 2 amide bonds. The maximum absolute atomic E-state index is 11.4. The van der Waals surface area contributed by atoms with E-state index in [1.165, 1.54) is 0 Å². The fraction of sp³-hybridized carbons (Fsp3) is 0.600. The summed E-state index contributed by atoms with van der Waals surface area (Å²) in [6.45, 7) is 6.33. The van der Waals surface area contributed by atoms with Crippen LogP contribution in [-0.2, 0) is 9.59 Å². The van der Waals surface area contributed by atoms with E-state index in [-0.39, 0.29) is 24.4 Å². The molecule has 1 aliphatic rings. The zero-order chi connectivity index (χ0) is 10.7. The van der Waals surface area contributed by atoms with E-state index < -0.39 is 0 Å². The average Bonchev–Trinajstić information content (AvgIpc) is 2.11. The fourth-order valence-corrected chi connectivity index (χ4v) is 1.31. The van der Waals surface area contributed by atoms with Crippen LogP contribution >= 0.6 is 0 Å². The topological polar surface area (TPSA) is 49.4 Å². The molecule has 0 saturated carbocycles. The lowest BCUT2D eigenvalue weighted by molar-refractivity contribution is -0.144. The average molecular weight is 196 g/mol. The van der Waals surface area contributed by atoms with E-state index >= 15 is 0 Å². The van der Waals surface area contributed by atoms with Gasteiger partial charge in [0.15, 0.2) is 0 Å². The van der Waals surface area contributed by atoms with Crippen molar-refractivity contribution in [3.05, 3.63) is 11.6 Å². The molecule has 14 heavy (non-hydrogen) atoms. The molecule has 1 atom stereocenters. The van der Waals surface area contributed by atoms with Gasteiger partial charge in [0.05, 0.1) is 6.54 Å². The van der Waals surface area contributed by atoms with Gasteiger partial charge < -0.3 is 10.2 Å². The third-order valence-electron chi connectivity index (χ3n) is 2.28. The first kappa shape index (κ1) is 10.8. The molecule has 0 radical (unpaired) electrons. The molecule has 1 aliphatic heterocycles. The predicted octanol–water partition coefficient (Wildman–Crippen LogP) is 0.299. The summed E-state index contributed by atoms with van der Waals surface area (Å²) in [6, 6.07) is -0.355. The second-order valence-electron chi connectivity index (χ2n) is 3.72. The largest absolute Gasteiger partial charge is 0.345 e. The van der Waals surface area contributed by atoms with E-state index in [2.05, 4.69) is 5.32 Å². The Labute approximate surface area is 84.0 Å². The molecule has 1 saturated heterocycles. The van der Waals surface area contributed by atoms with Crippen LogP contribution in [0.1, 0.15) is 20.8 Å². The first-order valence-electron chi connectivity index (χ1n) is 4.73. The first-order chi connectivity index (χ1) is 6.52. The highest BCUT2D eigenvalue weighted by Gasteiger charge is 2.29. The number of carbonyl (C=O) groups is 2. The lowest BCUT2D eigenvalue weighted by Crippen LogP contribution is -2.57. The van der Waals surface area contributed by atoms with E-state index in [4.69, 9.17) is 0 Å². The molecule has 0 aromatic carbocycles. The Kier molecular flexibility index (Phi) is 3.28. The van der Waals surface area contributed by atoms with Gasteiger partial charge in [0, 0.05) is 6.54 Å². The van der Waals surface area contributed by atoms with Crippen molar-refractivity contribution in [3.63, 3.8) is 0 Å². The number of nitrogens with zero attached hydrogens (tertiary/aromatic N) is 1. The number of nitrogens with one attached hydrogen (secondary N) is 1. The summed E-state index contributed by atoms with van der Waals surface area (Å²) in [7, 11) is 0. The highest BCUT2D eigenvalue weighted by molar-refractivity contribution is 5.94. The van der Waals surface area contributed by atoms with Crippen molar-refractivity contribution in [2.24, 2.45) is 0 Å². The molecule has 0 spiro atoms. The molecule has 78 valence electrons. The lowest BCUT2D eigenvalue weighted by atomic mass is 10.2. The van der Waals surface area contributed by atoms with Crippen molar-refractivity contribution < 1.29 is 9.59 Å². The summed E-state index contributed by atoms with van der Waals surface area (Å²) < 4.78 is 0. The van der Waals surface area contributed by atoms with Crippen LogP contribution in [0.25, 0.3) is 0 Å². The normalized spacial score (nSPS) is 21.9. The Bertz CT molecular complexity index is 280. The lowest BCUT2D eigenvalue weighted by Gasteiger charge is -2.31. The van der Waals surface area contributed by atoms with Crippen molar-refractivity contribution in [3.8, 4) is 0 Å². The molecule has 0 aromatic heterocycles. The smallest absolute Gasteiger partial charge is 0.242 e. The van der Waals surface area contributed by atoms with Crippen molar-refractivity contribution in [1.82, 2.24) is 10.2 Å². The van der Waals surface area contributed by atoms with Gasteiger partial charge in [-0.15, -0.1) is 0 Å². The van der Waals surface area contributed by atoms with Gasteiger partial charge in [0.25, 0.3) is 0 Å². The van der Waals surface area contributed by atoms with Crippen LogP contribution in [0, 0.1) is 0 Å². The maximum Gasteiger partial charge on any atom is 0.242 e. The number of amides is 2. The van der Waals surface area contributed by atoms with Gasteiger partial charge in [-0.05, 0) is 20.8 Å². The molecule has 0 aromatic rings. The van der Waals surface area contributed by atoms with E-state index in [0.717, 1.165) is 5.57 Å². The van der Waals surface area contributed by atoms with Crippen LogP contribution < -0.4 is 5.32 Å². The van der Waals surface area contributed by atoms with Gasteiger partial charge in [-0.1, -0.05) is 11.6 Å². The van der Waals surface area contributed by atoms with Gasteiger partial charge in [-0.2, -0.15) is 0 Å². The molecule has 0 aliphatic carbocycles. The van der Waals surface area contributed by atoms with Gasteiger partial charge in [-0.25, -0.2) is 0 Å². The summed E-state index contributed by atoms with van der Waals surface area (Å²) in [5.41, 5.74) is 1.15. The minimum atomic E-state index is -0.355. The van der Waals surface area contributed by atoms with Gasteiger partial charge >= 0.3 is 0 Å². The summed E-state index contributed by atoms with van der Waals surface area (Å²) in [5, 5.41) is 2.55. The Hall–Kier alpha value is -1.32. The van der Waals surface area contributed by atoms with Crippen LogP contribution in [0.2, 0.25) is 0 Å². The van der Waals surface area contributed by atoms with E-state index in [1.807, 2.05) is 19.9 Å². The van der Waals surface area contributed by atoms with Crippen molar-refractivity contribution in [2.45, 2.75) is 26.8 Å². The minimum Gasteiger partial charge on any atom is -0.345 e. The third-order valence-corrected chi connectivity index (χ3v) is 2.28. The molecule has 1 rings (SSSR count). The fourth-order valence-electron chi connectivity index (χ4n) is 1.31. The summed E-state index contributed by atoms with van der Waals surface area (Å²) >= 11 is 0. The molecular formula is C10H16N2O2. The molecule has 0 bridgehead atoms. The third kappa shape index (κ3) is 2.34. The maximum atomic E-state index is 11.4. The van der Waals surface area contributed by atoms with Crippen LogP contribution in [0.4, 0.5) is 0 Å². The van der Waals surface area contributed by atoms with Gasteiger partial charge in [0.1, 0.15) is 6.04 Å². The Morgan fingerprint density at radius 3 is 2.79 bits per heavy atom. The standard InChI is InChI=1S/C10H16N2O2/c1-7(2)4-5-12-8(3)10(14)11-6-9(12)13/h4,8H,5-6H2,1-3H3,(H,11,14). The second kappa shape index (κ2) is 4.26. The zero-order valence-electron chi connectivity index (χ0n) is 8.83. The monoisotopic (exact) mass is 196 g/mol. The quantitative estimate of drug-likeness (QED) is 0.646. The van der Waals surface area contributed by atoms with Crippen LogP contribution in [0.5, 0.6) is 0 Å². The molecule has 4 heteroatoms. The molecule has 1 fully saturated rings. The second-order valence-corrected chi connectivity index (χ2v) is 3.72. The minimum absolute atomic E-state index is 0.0189. The summed E-state index contributed by atoms with van der Waals surface area (Å²) in [5.74, 6) is -0.0960. The molecule has 1 unspecified atom stereocenters. The number of hydrogen-bond donors (Lipinski definition) is 1. The van der Waals surface area contributed by atoms with Crippen LogP contribution in [0.3, 0.4) is 0 Å². The number of carbonyl (C=O) groups excluding carboxylic acids is 2. The predicted molar refractivity (Wildman–Crippen MR) is 53.6 cm³/mol. The molecule has 1 N–H and O–H groups in total. The highest BCUT2D eigenvalue weighted by Crippen LogP contribution is 2.05. The van der Waals surface area contributed by atoms with E-state index in [1.54, 1.807) is 11.8 Å². The zero-order valence-corrected chi connectivity index (χ0v) is 8.83. The van der Waals surface area contributed by atoms with Crippen molar-refractivity contribution in [1.29, 1.82) is 0 Å². The Balaban J connectivity index is 2.68. The molecule has 1 heterocycles. The van der Waals surface area contributed by atoms with Crippen molar-refractivity contribution in [2.75, 3.05) is 13.1 Å². The first-order valence-corrected chi connectivity index (χ1v) is 4.73. The van der Waals surface area contributed by atoms with Crippen LogP contribution in [-0.4, -0.2) is 35.8 Å². The summed E-state index contributed by atoms with van der Waals surface area (Å²) in [6.07, 6.45) is 1.95. The number of piperazine rings is 1. The van der Waals surface area contributed by atoms with E-state index in [0.29, 0.717) is 6.54 Å². The Morgan fingerprint density at radius 2 is 2.21 bits per heavy atom. The van der Waals surface area contributed by atoms with Gasteiger partial charge in [-0.3, -0.25) is 9.59 Å². The van der Waals surface area contributed by atoms with Gasteiger partial charge in [0.2, 0.25) is 11.8 Å². The number of rotatable bonds is 2. The number of allylic oxidation sites excluding steroid dienone is 1. The number of hydrogen-bond acceptors (Lipinski definition) is 2. The SMILES string of the molecule is CC(C)=CCN1C(=O)CNC(=O)C1C. The van der Waals surface area contributed by atoms with Crippen LogP contribution in [0.15, 0.2) is 11.6 Å². The highest BCUT2D eigenvalue weighted by atomic mass is 16.2.